The topological polar surface area (TPSA) is 24.1 Å². The fourth-order valence-corrected chi connectivity index (χ4v) is 7.52. The fourth-order valence-electron chi connectivity index (χ4n) is 7.52. The minimum atomic E-state index is 0.512. The van der Waals surface area contributed by atoms with Gasteiger partial charge >= 0.3 is 0 Å². The Balaban J connectivity index is 1.28. The Labute approximate surface area is 149 Å². The molecule has 4 aliphatic rings. The van der Waals surface area contributed by atoms with Crippen LogP contribution in [0, 0.1) is 33.5 Å². The second kappa shape index (κ2) is 5.22. The van der Waals surface area contributed by atoms with Crippen molar-refractivity contribution < 1.29 is 0 Å². The molecule has 4 saturated carbocycles. The van der Waals surface area contributed by atoms with Gasteiger partial charge in [0.2, 0.25) is 0 Å². The molecule has 4 fully saturated rings. The Hall–Kier alpha value is -0.0800. The zero-order chi connectivity index (χ0) is 17.4. The second-order valence-electron chi connectivity index (χ2n) is 11.2. The number of hydrogen-bond acceptors (Lipinski definition) is 2. The molecule has 4 rings (SSSR count). The van der Waals surface area contributed by atoms with Crippen LogP contribution in [0.2, 0.25) is 0 Å². The van der Waals surface area contributed by atoms with Gasteiger partial charge in [-0.15, -0.1) is 0 Å². The molecule has 0 aromatic rings. The minimum Gasteiger partial charge on any atom is -0.312 e. The highest BCUT2D eigenvalue weighted by Crippen LogP contribution is 2.66. The van der Waals surface area contributed by atoms with Gasteiger partial charge in [0.15, 0.2) is 0 Å². The first-order valence-electron chi connectivity index (χ1n) is 10.6. The average molecular weight is 333 g/mol. The minimum absolute atomic E-state index is 0.512. The summed E-state index contributed by atoms with van der Waals surface area (Å²) >= 11 is 0. The summed E-state index contributed by atoms with van der Waals surface area (Å²) in [6.07, 6.45) is 8.56. The van der Waals surface area contributed by atoms with E-state index in [9.17, 15) is 0 Å². The highest BCUT2D eigenvalue weighted by Gasteiger charge is 2.62. The van der Waals surface area contributed by atoms with Crippen LogP contribution < -0.4 is 10.6 Å². The van der Waals surface area contributed by atoms with Crippen molar-refractivity contribution in [2.75, 3.05) is 13.1 Å². The van der Waals surface area contributed by atoms with E-state index >= 15 is 0 Å². The lowest BCUT2D eigenvalue weighted by atomic mass is 9.69. The van der Waals surface area contributed by atoms with E-state index in [2.05, 4.69) is 52.2 Å². The average Bonchev–Trinajstić information content (AvgIpc) is 3.02. The molecule has 0 amide bonds. The maximum atomic E-state index is 3.95. The Morgan fingerprint density at radius 2 is 1.04 bits per heavy atom. The highest BCUT2D eigenvalue weighted by atomic mass is 15.0. The summed E-state index contributed by atoms with van der Waals surface area (Å²) in [4.78, 5) is 0. The third-order valence-corrected chi connectivity index (χ3v) is 10.5. The van der Waals surface area contributed by atoms with Crippen molar-refractivity contribution in [2.45, 2.75) is 92.2 Å². The van der Waals surface area contributed by atoms with E-state index in [1.165, 1.54) is 38.5 Å². The lowest BCUT2D eigenvalue weighted by Crippen LogP contribution is -2.49. The summed E-state index contributed by atoms with van der Waals surface area (Å²) in [5, 5.41) is 7.90. The highest BCUT2D eigenvalue weighted by molar-refractivity contribution is 5.14. The molecule has 4 aliphatic carbocycles. The fraction of sp³-hybridized carbons (Fsp3) is 1.00. The molecule has 0 spiro atoms. The number of nitrogens with one attached hydrogen (secondary N) is 2. The predicted octanol–water partition coefficient (Wildman–Crippen LogP) is 4.60. The standard InChI is InChI=1S/C22H40N2/c1-19(2)15-7-9-21(19,5)17(13-15)23-11-12-24-18-14-16-8-10-22(18,6)20(16,3)4/h15-18,23-24H,7-14H2,1-6H3/t15-,16-,17?,18?,21-,22-/m1/s1. The van der Waals surface area contributed by atoms with E-state index in [-0.39, 0.29) is 0 Å². The largest absolute Gasteiger partial charge is 0.312 e. The summed E-state index contributed by atoms with van der Waals surface area (Å²) in [7, 11) is 0. The number of hydrogen-bond donors (Lipinski definition) is 2. The van der Waals surface area contributed by atoms with Crippen molar-refractivity contribution in [3.8, 4) is 0 Å². The monoisotopic (exact) mass is 332 g/mol. The van der Waals surface area contributed by atoms with Gasteiger partial charge in [0, 0.05) is 25.2 Å². The molecular formula is C22H40N2. The first kappa shape index (κ1) is 17.3. The lowest BCUT2D eigenvalue weighted by Gasteiger charge is -2.41. The van der Waals surface area contributed by atoms with Gasteiger partial charge < -0.3 is 10.6 Å². The van der Waals surface area contributed by atoms with E-state index < -0.39 is 0 Å². The molecule has 6 atom stereocenters. The summed E-state index contributed by atoms with van der Waals surface area (Å²) in [5.74, 6) is 1.89. The zero-order valence-corrected chi connectivity index (χ0v) is 17.0. The SMILES string of the molecule is CC1(C)[C@@H]2CC[C@]1(C)C(NCCNC1C[C@H]3CC[C@@]1(C)C3(C)C)C2. The maximum Gasteiger partial charge on any atom is 0.0129 e. The third-order valence-electron chi connectivity index (χ3n) is 10.5. The van der Waals surface area contributed by atoms with Gasteiger partial charge in [-0.1, -0.05) is 41.5 Å². The Morgan fingerprint density at radius 1 is 0.667 bits per heavy atom. The predicted molar refractivity (Wildman–Crippen MR) is 102 cm³/mol. The molecule has 0 radical (unpaired) electrons. The number of fused-ring (bicyclic) bond motifs is 4. The Morgan fingerprint density at radius 3 is 1.29 bits per heavy atom. The van der Waals surface area contributed by atoms with Gasteiger partial charge in [-0.3, -0.25) is 0 Å². The quantitative estimate of drug-likeness (QED) is 0.719. The van der Waals surface area contributed by atoms with Gasteiger partial charge in [-0.05, 0) is 72.0 Å². The van der Waals surface area contributed by atoms with Gasteiger partial charge in [-0.2, -0.15) is 0 Å². The van der Waals surface area contributed by atoms with E-state index in [1.54, 1.807) is 0 Å². The van der Waals surface area contributed by atoms with Crippen LogP contribution in [0.4, 0.5) is 0 Å². The van der Waals surface area contributed by atoms with Crippen molar-refractivity contribution in [3.05, 3.63) is 0 Å². The van der Waals surface area contributed by atoms with Crippen LogP contribution >= 0.6 is 0 Å². The molecule has 0 heterocycles. The molecule has 0 saturated heterocycles. The van der Waals surface area contributed by atoms with Crippen LogP contribution in [0.1, 0.15) is 80.1 Å². The molecule has 138 valence electrons. The molecule has 0 aromatic carbocycles. The lowest BCUT2D eigenvalue weighted by molar-refractivity contribution is 0.115. The third kappa shape index (κ3) is 2.02. The van der Waals surface area contributed by atoms with Crippen molar-refractivity contribution in [3.63, 3.8) is 0 Å². The normalized spacial score (nSPS) is 50.8. The Bertz CT molecular complexity index is 464. The van der Waals surface area contributed by atoms with Crippen LogP contribution in [0.5, 0.6) is 0 Å². The number of rotatable bonds is 5. The molecule has 2 nitrogen and oxygen atoms in total. The van der Waals surface area contributed by atoms with Gasteiger partial charge in [0.05, 0.1) is 0 Å². The molecule has 2 heteroatoms. The summed E-state index contributed by atoms with van der Waals surface area (Å²) in [6.45, 7) is 17.4. The molecule has 0 aliphatic heterocycles. The van der Waals surface area contributed by atoms with E-state index in [1.807, 2.05) is 0 Å². The van der Waals surface area contributed by atoms with Crippen LogP contribution in [0.3, 0.4) is 0 Å². The first-order valence-corrected chi connectivity index (χ1v) is 10.6. The van der Waals surface area contributed by atoms with Crippen LogP contribution in [-0.4, -0.2) is 25.2 Å². The molecule has 0 aromatic heterocycles. The van der Waals surface area contributed by atoms with Gasteiger partial charge in [-0.25, -0.2) is 0 Å². The van der Waals surface area contributed by atoms with E-state index in [0.717, 1.165) is 37.0 Å². The summed E-state index contributed by atoms with van der Waals surface area (Å²) in [5.41, 5.74) is 2.08. The van der Waals surface area contributed by atoms with E-state index in [4.69, 9.17) is 0 Å². The van der Waals surface area contributed by atoms with Crippen molar-refractivity contribution in [2.24, 2.45) is 33.5 Å². The van der Waals surface area contributed by atoms with Gasteiger partial charge in [0.25, 0.3) is 0 Å². The van der Waals surface area contributed by atoms with Crippen molar-refractivity contribution in [1.29, 1.82) is 0 Å². The van der Waals surface area contributed by atoms with Crippen LogP contribution in [0.25, 0.3) is 0 Å². The molecule has 24 heavy (non-hydrogen) atoms. The second-order valence-corrected chi connectivity index (χ2v) is 11.2. The zero-order valence-electron chi connectivity index (χ0n) is 17.0. The molecular weight excluding hydrogens is 292 g/mol. The Kier molecular flexibility index (Phi) is 3.77. The molecule has 2 unspecified atom stereocenters. The smallest absolute Gasteiger partial charge is 0.0129 e. The summed E-state index contributed by atoms with van der Waals surface area (Å²) in [6, 6.07) is 1.47. The maximum absolute atomic E-state index is 3.95. The molecule has 2 N–H and O–H groups in total. The van der Waals surface area contributed by atoms with Crippen LogP contribution in [-0.2, 0) is 0 Å². The first-order chi connectivity index (χ1) is 11.1. The summed E-state index contributed by atoms with van der Waals surface area (Å²) < 4.78 is 0. The van der Waals surface area contributed by atoms with Crippen molar-refractivity contribution in [1.82, 2.24) is 10.6 Å². The van der Waals surface area contributed by atoms with Crippen molar-refractivity contribution >= 4 is 0 Å². The van der Waals surface area contributed by atoms with E-state index in [0.29, 0.717) is 21.7 Å². The van der Waals surface area contributed by atoms with Gasteiger partial charge in [0.1, 0.15) is 0 Å². The molecule has 4 bridgehead atoms. The van der Waals surface area contributed by atoms with Crippen LogP contribution in [0.15, 0.2) is 0 Å².